The van der Waals surface area contributed by atoms with Crippen molar-refractivity contribution in [1.82, 2.24) is 10.6 Å². The lowest BCUT2D eigenvalue weighted by molar-refractivity contribution is 0.615. The van der Waals surface area contributed by atoms with Crippen LogP contribution >= 0.6 is 0 Å². The Labute approximate surface area is 101 Å². The Morgan fingerprint density at radius 1 is 1.47 bits per heavy atom. The summed E-state index contributed by atoms with van der Waals surface area (Å²) in [5, 5.41) is 6.13. The predicted octanol–water partition coefficient (Wildman–Crippen LogP) is 1.99. The Bertz CT molecular complexity index is 413. The molecule has 0 aliphatic rings. The fourth-order valence-electron chi connectivity index (χ4n) is 1.32. The van der Waals surface area contributed by atoms with Crippen molar-refractivity contribution >= 4 is 5.96 Å². The predicted molar refractivity (Wildman–Crippen MR) is 69.5 cm³/mol. The number of benzene rings is 1. The summed E-state index contributed by atoms with van der Waals surface area (Å²) in [6.07, 6.45) is 1.75. The van der Waals surface area contributed by atoms with Crippen molar-refractivity contribution in [2.75, 3.05) is 13.6 Å². The molecule has 1 rings (SSSR count). The number of halogens is 1. The first kappa shape index (κ1) is 13.2. The van der Waals surface area contributed by atoms with Crippen LogP contribution in [-0.2, 0) is 6.54 Å². The highest BCUT2D eigenvalue weighted by atomic mass is 19.1. The van der Waals surface area contributed by atoms with Gasteiger partial charge in [0.15, 0.2) is 5.96 Å². The van der Waals surface area contributed by atoms with Gasteiger partial charge in [0.1, 0.15) is 5.82 Å². The Morgan fingerprint density at radius 2 is 2.24 bits per heavy atom. The fourth-order valence-corrected chi connectivity index (χ4v) is 1.32. The monoisotopic (exact) mass is 235 g/mol. The van der Waals surface area contributed by atoms with Crippen LogP contribution in [0.1, 0.15) is 11.1 Å². The summed E-state index contributed by atoms with van der Waals surface area (Å²) < 4.78 is 13.3. The van der Waals surface area contributed by atoms with Gasteiger partial charge in [-0.05, 0) is 24.1 Å². The molecular weight excluding hydrogens is 217 g/mol. The van der Waals surface area contributed by atoms with Crippen molar-refractivity contribution in [3.63, 3.8) is 0 Å². The maximum Gasteiger partial charge on any atom is 0.191 e. The second-order valence-corrected chi connectivity index (χ2v) is 3.68. The van der Waals surface area contributed by atoms with E-state index in [0.717, 1.165) is 5.56 Å². The molecule has 0 amide bonds. The number of rotatable bonds is 4. The van der Waals surface area contributed by atoms with Gasteiger partial charge in [-0.25, -0.2) is 4.39 Å². The van der Waals surface area contributed by atoms with Crippen molar-refractivity contribution < 1.29 is 4.39 Å². The van der Waals surface area contributed by atoms with Crippen LogP contribution in [0.5, 0.6) is 0 Å². The van der Waals surface area contributed by atoms with Gasteiger partial charge in [0, 0.05) is 20.1 Å². The summed E-state index contributed by atoms with van der Waals surface area (Å²) in [5.74, 6) is 0.490. The standard InChI is InChI=1S/C13H18FN3/c1-4-7-16-13(15-3)17-9-11-6-5-10(2)12(14)8-11/h4-6,8H,1,7,9H2,2-3H3,(H2,15,16,17). The lowest BCUT2D eigenvalue weighted by Gasteiger charge is -2.10. The molecule has 1 aromatic carbocycles. The minimum absolute atomic E-state index is 0.182. The summed E-state index contributed by atoms with van der Waals surface area (Å²) in [6, 6.07) is 5.20. The van der Waals surface area contributed by atoms with Crippen LogP contribution in [0.3, 0.4) is 0 Å². The topological polar surface area (TPSA) is 36.4 Å². The van der Waals surface area contributed by atoms with Crippen molar-refractivity contribution in [2.45, 2.75) is 13.5 Å². The van der Waals surface area contributed by atoms with Crippen LogP contribution in [0.2, 0.25) is 0 Å². The molecule has 1 aromatic rings. The highest BCUT2D eigenvalue weighted by Gasteiger charge is 2.00. The minimum atomic E-state index is -0.182. The molecular formula is C13H18FN3. The zero-order chi connectivity index (χ0) is 12.7. The number of aryl methyl sites for hydroxylation is 1. The van der Waals surface area contributed by atoms with Crippen molar-refractivity contribution in [2.24, 2.45) is 4.99 Å². The van der Waals surface area contributed by atoms with E-state index < -0.39 is 0 Å². The third-order valence-electron chi connectivity index (χ3n) is 2.33. The number of guanidine groups is 1. The van der Waals surface area contributed by atoms with E-state index >= 15 is 0 Å². The third kappa shape index (κ3) is 4.26. The first-order valence-corrected chi connectivity index (χ1v) is 5.47. The van der Waals surface area contributed by atoms with E-state index in [9.17, 15) is 4.39 Å². The molecule has 2 N–H and O–H groups in total. The molecule has 0 saturated heterocycles. The Hall–Kier alpha value is -1.84. The van der Waals surface area contributed by atoms with Gasteiger partial charge in [-0.15, -0.1) is 6.58 Å². The van der Waals surface area contributed by atoms with Gasteiger partial charge in [0.05, 0.1) is 0 Å². The maximum atomic E-state index is 13.3. The molecule has 17 heavy (non-hydrogen) atoms. The van der Waals surface area contributed by atoms with E-state index in [4.69, 9.17) is 0 Å². The van der Waals surface area contributed by atoms with Crippen LogP contribution in [0.15, 0.2) is 35.8 Å². The highest BCUT2D eigenvalue weighted by Crippen LogP contribution is 2.08. The second kappa shape index (κ2) is 6.68. The molecule has 0 aromatic heterocycles. The maximum absolute atomic E-state index is 13.3. The number of hydrogen-bond acceptors (Lipinski definition) is 1. The second-order valence-electron chi connectivity index (χ2n) is 3.68. The Balaban J connectivity index is 2.54. The van der Waals surface area contributed by atoms with Gasteiger partial charge in [-0.2, -0.15) is 0 Å². The first-order chi connectivity index (χ1) is 8.17. The average Bonchev–Trinajstić information content (AvgIpc) is 2.34. The third-order valence-corrected chi connectivity index (χ3v) is 2.33. The van der Waals surface area contributed by atoms with E-state index in [2.05, 4.69) is 22.2 Å². The van der Waals surface area contributed by atoms with E-state index in [-0.39, 0.29) is 5.82 Å². The molecule has 4 heteroatoms. The molecule has 0 saturated carbocycles. The quantitative estimate of drug-likeness (QED) is 0.475. The van der Waals surface area contributed by atoms with Crippen LogP contribution in [0.4, 0.5) is 4.39 Å². The molecule has 0 aliphatic carbocycles. The summed E-state index contributed by atoms with van der Waals surface area (Å²) in [7, 11) is 1.69. The van der Waals surface area contributed by atoms with Gasteiger partial charge in [0.25, 0.3) is 0 Å². The van der Waals surface area contributed by atoms with E-state index in [1.807, 2.05) is 6.07 Å². The van der Waals surface area contributed by atoms with E-state index in [1.54, 1.807) is 26.1 Å². The van der Waals surface area contributed by atoms with E-state index in [0.29, 0.717) is 24.6 Å². The Kier molecular flexibility index (Phi) is 5.20. The molecule has 0 heterocycles. The molecule has 0 spiro atoms. The van der Waals surface area contributed by atoms with Crippen LogP contribution < -0.4 is 10.6 Å². The van der Waals surface area contributed by atoms with Crippen LogP contribution in [0.25, 0.3) is 0 Å². The number of aliphatic imine (C=N–C) groups is 1. The van der Waals surface area contributed by atoms with E-state index in [1.165, 1.54) is 6.07 Å². The fraction of sp³-hybridized carbons (Fsp3) is 0.308. The molecule has 0 unspecified atom stereocenters. The van der Waals surface area contributed by atoms with Crippen molar-refractivity contribution in [3.8, 4) is 0 Å². The van der Waals surface area contributed by atoms with Crippen LogP contribution in [0, 0.1) is 12.7 Å². The van der Waals surface area contributed by atoms with Crippen molar-refractivity contribution in [1.29, 1.82) is 0 Å². The summed E-state index contributed by atoms with van der Waals surface area (Å²) in [5.41, 5.74) is 1.54. The summed E-state index contributed by atoms with van der Waals surface area (Å²) in [6.45, 7) is 6.54. The highest BCUT2D eigenvalue weighted by molar-refractivity contribution is 5.79. The largest absolute Gasteiger partial charge is 0.353 e. The molecule has 0 atom stereocenters. The first-order valence-electron chi connectivity index (χ1n) is 5.47. The van der Waals surface area contributed by atoms with Gasteiger partial charge in [0.2, 0.25) is 0 Å². The molecule has 0 bridgehead atoms. The van der Waals surface area contributed by atoms with Gasteiger partial charge >= 0.3 is 0 Å². The lowest BCUT2D eigenvalue weighted by Crippen LogP contribution is -2.36. The lowest BCUT2D eigenvalue weighted by atomic mass is 10.1. The number of nitrogens with zero attached hydrogens (tertiary/aromatic N) is 1. The Morgan fingerprint density at radius 3 is 2.82 bits per heavy atom. The smallest absolute Gasteiger partial charge is 0.191 e. The summed E-state index contributed by atoms with van der Waals surface area (Å²) in [4.78, 5) is 4.03. The summed E-state index contributed by atoms with van der Waals surface area (Å²) >= 11 is 0. The molecule has 92 valence electrons. The zero-order valence-corrected chi connectivity index (χ0v) is 10.3. The normalized spacial score (nSPS) is 11.1. The minimum Gasteiger partial charge on any atom is -0.353 e. The molecule has 3 nitrogen and oxygen atoms in total. The van der Waals surface area contributed by atoms with Crippen molar-refractivity contribution in [3.05, 3.63) is 47.8 Å². The van der Waals surface area contributed by atoms with Gasteiger partial charge < -0.3 is 10.6 Å². The van der Waals surface area contributed by atoms with Gasteiger partial charge in [-0.1, -0.05) is 18.2 Å². The zero-order valence-electron chi connectivity index (χ0n) is 10.3. The number of nitrogens with one attached hydrogen (secondary N) is 2. The average molecular weight is 235 g/mol. The SMILES string of the molecule is C=CCNC(=NC)NCc1ccc(C)c(F)c1. The van der Waals surface area contributed by atoms with Crippen LogP contribution in [-0.4, -0.2) is 19.6 Å². The molecule has 0 aliphatic heterocycles. The van der Waals surface area contributed by atoms with Gasteiger partial charge in [-0.3, -0.25) is 4.99 Å². The molecule has 0 fully saturated rings. The number of hydrogen-bond donors (Lipinski definition) is 2. The molecule has 0 radical (unpaired) electrons.